The number of nitrogens with two attached hydrogens (primary N) is 1. The van der Waals surface area contributed by atoms with Crippen molar-refractivity contribution in [3.63, 3.8) is 0 Å². The molecular formula is C26H31N5O2. The number of nitrogens with zero attached hydrogens (tertiary/aromatic N) is 3. The summed E-state index contributed by atoms with van der Waals surface area (Å²) in [6.45, 7) is 7.18. The number of hydrogen-bond acceptors (Lipinski definition) is 6. The fraction of sp³-hybridized carbons (Fsp3) is 0.346. The van der Waals surface area contributed by atoms with E-state index >= 15 is 0 Å². The Morgan fingerprint density at radius 2 is 2.00 bits per heavy atom. The molecule has 0 aliphatic carbocycles. The number of benzene rings is 2. The predicted octanol–water partition coefficient (Wildman–Crippen LogP) is 4.61. The number of aromatic nitrogens is 3. The molecule has 7 nitrogen and oxygen atoms in total. The summed E-state index contributed by atoms with van der Waals surface area (Å²) in [5, 5.41) is 4.66. The molecule has 0 aliphatic rings. The number of nitrogen functional groups attached to an aromatic ring is 1. The molecule has 33 heavy (non-hydrogen) atoms. The van der Waals surface area contributed by atoms with Crippen molar-refractivity contribution in [2.45, 2.75) is 59.2 Å². The van der Waals surface area contributed by atoms with E-state index in [1.54, 1.807) is 6.07 Å². The maximum Gasteiger partial charge on any atom is 0.308 e. The fourth-order valence-corrected chi connectivity index (χ4v) is 4.14. The Morgan fingerprint density at radius 3 is 2.79 bits per heavy atom. The molecule has 0 spiro atoms. The maximum absolute atomic E-state index is 11.2. The topological polar surface area (TPSA) is 95.1 Å². The van der Waals surface area contributed by atoms with Crippen molar-refractivity contribution in [1.82, 2.24) is 19.9 Å². The van der Waals surface area contributed by atoms with E-state index in [0.717, 1.165) is 59.1 Å². The summed E-state index contributed by atoms with van der Waals surface area (Å²) in [5.74, 6) is 1.76. The monoisotopic (exact) mass is 445 g/mol. The van der Waals surface area contributed by atoms with E-state index in [0.29, 0.717) is 18.1 Å². The largest absolute Gasteiger partial charge is 0.427 e. The number of imidazole rings is 1. The highest BCUT2D eigenvalue weighted by atomic mass is 16.5. The van der Waals surface area contributed by atoms with Gasteiger partial charge in [0.1, 0.15) is 17.1 Å². The Balaban J connectivity index is 1.61. The number of rotatable bonds is 9. The maximum atomic E-state index is 11.2. The minimum atomic E-state index is -0.318. The number of unbranched alkanes of at least 4 members (excludes halogenated alkanes) is 1. The van der Waals surface area contributed by atoms with Gasteiger partial charge >= 0.3 is 5.97 Å². The number of nitrogens with one attached hydrogen (secondary N) is 1. The molecule has 1 unspecified atom stereocenters. The minimum absolute atomic E-state index is 0.174. The number of anilines is 1. The average Bonchev–Trinajstić information content (AvgIpc) is 3.15. The van der Waals surface area contributed by atoms with Gasteiger partial charge in [0.2, 0.25) is 0 Å². The van der Waals surface area contributed by atoms with Crippen LogP contribution in [0.1, 0.15) is 45.0 Å². The number of ether oxygens (including phenoxy) is 1. The van der Waals surface area contributed by atoms with Crippen LogP contribution in [0.15, 0.2) is 48.5 Å². The zero-order valence-electron chi connectivity index (χ0n) is 19.5. The summed E-state index contributed by atoms with van der Waals surface area (Å²) in [6.07, 6.45) is 3.07. The summed E-state index contributed by atoms with van der Waals surface area (Å²) in [4.78, 5) is 20.7. The number of para-hydroxylation sites is 1. The third-order valence-corrected chi connectivity index (χ3v) is 5.71. The van der Waals surface area contributed by atoms with Crippen LogP contribution in [0, 0.1) is 0 Å². The summed E-state index contributed by atoms with van der Waals surface area (Å²) in [7, 11) is 0. The van der Waals surface area contributed by atoms with E-state index in [1.165, 1.54) is 6.92 Å². The van der Waals surface area contributed by atoms with Crippen LogP contribution in [-0.4, -0.2) is 26.5 Å². The Bertz CT molecular complexity index is 1280. The average molecular weight is 446 g/mol. The lowest BCUT2D eigenvalue weighted by Crippen LogP contribution is -2.30. The van der Waals surface area contributed by atoms with Gasteiger partial charge in [-0.25, -0.2) is 9.97 Å². The van der Waals surface area contributed by atoms with Crippen molar-refractivity contribution in [2.24, 2.45) is 0 Å². The number of carbonyl (C=O) groups excluding carboxylic acids is 1. The van der Waals surface area contributed by atoms with Crippen LogP contribution in [0.4, 0.5) is 5.82 Å². The lowest BCUT2D eigenvalue weighted by molar-refractivity contribution is -0.131. The fourth-order valence-electron chi connectivity index (χ4n) is 4.14. The molecule has 0 aliphatic heterocycles. The summed E-state index contributed by atoms with van der Waals surface area (Å²) in [5.41, 5.74) is 10.1. The first-order chi connectivity index (χ1) is 16.0. The van der Waals surface area contributed by atoms with Gasteiger partial charge in [-0.15, -0.1) is 0 Å². The number of hydrogen-bond donors (Lipinski definition) is 2. The minimum Gasteiger partial charge on any atom is -0.427 e. The van der Waals surface area contributed by atoms with Gasteiger partial charge in [-0.2, -0.15) is 0 Å². The highest BCUT2D eigenvalue weighted by Crippen LogP contribution is 2.29. The molecule has 0 radical (unpaired) electrons. The summed E-state index contributed by atoms with van der Waals surface area (Å²) in [6, 6.07) is 15.9. The standard InChI is InChI=1S/C26H31N5O2/c1-4-5-13-23-30-24-25(21-11-6-7-12-22(21)29-26(24)27)31(23)16-17(2)28-15-19-9-8-10-20(14-19)33-18(3)32/h6-12,14,17,28H,4-5,13,15-16H2,1-3H3,(H2,27,29). The van der Waals surface area contributed by atoms with Crippen LogP contribution in [-0.2, 0) is 24.3 Å². The number of pyridine rings is 1. The highest BCUT2D eigenvalue weighted by Gasteiger charge is 2.18. The molecule has 0 saturated heterocycles. The van der Waals surface area contributed by atoms with Gasteiger partial charge in [-0.3, -0.25) is 4.79 Å². The molecule has 4 aromatic rings. The SMILES string of the molecule is CCCCc1nc2c(N)nc3ccccc3c2n1CC(C)NCc1cccc(OC(C)=O)c1. The lowest BCUT2D eigenvalue weighted by Gasteiger charge is -2.18. The Morgan fingerprint density at radius 1 is 1.18 bits per heavy atom. The molecule has 172 valence electrons. The summed E-state index contributed by atoms with van der Waals surface area (Å²) < 4.78 is 7.51. The zero-order valence-corrected chi connectivity index (χ0v) is 19.5. The first-order valence-electron chi connectivity index (χ1n) is 11.5. The van der Waals surface area contributed by atoms with Crippen molar-refractivity contribution in [3.05, 3.63) is 59.9 Å². The van der Waals surface area contributed by atoms with Gasteiger partial charge in [0.05, 0.1) is 11.0 Å². The number of fused-ring (bicyclic) bond motifs is 3. The normalized spacial score (nSPS) is 12.3. The highest BCUT2D eigenvalue weighted by molar-refractivity contribution is 6.06. The molecule has 0 bridgehead atoms. The van der Waals surface area contributed by atoms with Gasteiger partial charge in [0.15, 0.2) is 5.82 Å². The molecular weight excluding hydrogens is 414 g/mol. The molecule has 0 fully saturated rings. The van der Waals surface area contributed by atoms with Crippen LogP contribution < -0.4 is 15.8 Å². The molecule has 2 aromatic heterocycles. The first kappa shape index (κ1) is 22.7. The first-order valence-corrected chi connectivity index (χ1v) is 11.5. The predicted molar refractivity (Wildman–Crippen MR) is 132 cm³/mol. The Hall–Kier alpha value is -3.45. The van der Waals surface area contributed by atoms with Crippen molar-refractivity contribution in [3.8, 4) is 5.75 Å². The van der Waals surface area contributed by atoms with Gasteiger partial charge in [-0.1, -0.05) is 43.7 Å². The quantitative estimate of drug-likeness (QED) is 0.288. The molecule has 0 amide bonds. The number of aryl methyl sites for hydroxylation is 1. The van der Waals surface area contributed by atoms with E-state index in [9.17, 15) is 4.79 Å². The second-order valence-corrected chi connectivity index (χ2v) is 8.48. The zero-order chi connectivity index (χ0) is 23.4. The van der Waals surface area contributed by atoms with Crippen LogP contribution in [0.25, 0.3) is 21.9 Å². The lowest BCUT2D eigenvalue weighted by atomic mass is 10.1. The van der Waals surface area contributed by atoms with Crippen molar-refractivity contribution < 1.29 is 9.53 Å². The molecule has 4 rings (SSSR count). The van der Waals surface area contributed by atoms with Crippen LogP contribution in [0.3, 0.4) is 0 Å². The summed E-state index contributed by atoms with van der Waals surface area (Å²) >= 11 is 0. The molecule has 0 saturated carbocycles. The molecule has 3 N–H and O–H groups in total. The van der Waals surface area contributed by atoms with Crippen molar-refractivity contribution in [2.75, 3.05) is 5.73 Å². The molecule has 2 aromatic carbocycles. The molecule has 2 heterocycles. The van der Waals surface area contributed by atoms with E-state index in [2.05, 4.69) is 34.8 Å². The van der Waals surface area contributed by atoms with Crippen molar-refractivity contribution >= 4 is 33.7 Å². The number of carbonyl (C=O) groups is 1. The second-order valence-electron chi connectivity index (χ2n) is 8.48. The molecule has 1 atom stereocenters. The Kier molecular flexibility index (Phi) is 6.89. The van der Waals surface area contributed by atoms with E-state index < -0.39 is 0 Å². The van der Waals surface area contributed by atoms with Crippen LogP contribution in [0.5, 0.6) is 5.75 Å². The Labute approximate surface area is 194 Å². The van der Waals surface area contributed by atoms with Gasteiger partial charge in [0.25, 0.3) is 0 Å². The van der Waals surface area contributed by atoms with Gasteiger partial charge in [-0.05, 0) is 37.1 Å². The third kappa shape index (κ3) is 5.14. The van der Waals surface area contributed by atoms with E-state index in [4.69, 9.17) is 15.5 Å². The van der Waals surface area contributed by atoms with E-state index in [-0.39, 0.29) is 12.0 Å². The third-order valence-electron chi connectivity index (χ3n) is 5.71. The smallest absolute Gasteiger partial charge is 0.308 e. The van der Waals surface area contributed by atoms with Crippen LogP contribution >= 0.6 is 0 Å². The van der Waals surface area contributed by atoms with E-state index in [1.807, 2.05) is 36.4 Å². The number of esters is 1. The van der Waals surface area contributed by atoms with Crippen LogP contribution in [0.2, 0.25) is 0 Å². The van der Waals surface area contributed by atoms with Gasteiger partial charge < -0.3 is 20.4 Å². The second kappa shape index (κ2) is 10.0. The van der Waals surface area contributed by atoms with Crippen molar-refractivity contribution in [1.29, 1.82) is 0 Å². The van der Waals surface area contributed by atoms with Gasteiger partial charge in [0, 0.05) is 37.9 Å². The molecule has 7 heteroatoms.